The third-order valence-corrected chi connectivity index (χ3v) is 6.02. The Hall–Kier alpha value is -0.590. The molecule has 3 N–H and O–H groups in total. The van der Waals surface area contributed by atoms with Gasteiger partial charge in [0.1, 0.15) is 5.82 Å². The molecule has 2 aromatic rings. The molecule has 0 saturated carbocycles. The molecule has 106 valence electrons. The summed E-state index contributed by atoms with van der Waals surface area (Å²) in [5.41, 5.74) is 4.81. The van der Waals surface area contributed by atoms with E-state index in [4.69, 9.17) is 17.4 Å². The molecule has 0 saturated heterocycles. The molecular weight excluding hydrogens is 315 g/mol. The molecule has 1 aliphatic rings. The monoisotopic (exact) mass is 328 g/mol. The third kappa shape index (κ3) is 2.73. The zero-order valence-corrected chi connectivity index (χ0v) is 13.0. The zero-order chi connectivity index (χ0) is 14.1. The van der Waals surface area contributed by atoms with Gasteiger partial charge in [-0.15, -0.1) is 11.3 Å². The van der Waals surface area contributed by atoms with Crippen LogP contribution in [0.5, 0.6) is 0 Å². The van der Waals surface area contributed by atoms with E-state index >= 15 is 0 Å². The summed E-state index contributed by atoms with van der Waals surface area (Å²) in [7, 11) is 0. The number of nitrogens with one attached hydrogen (secondary N) is 1. The Bertz CT molecular complexity index is 606. The predicted molar refractivity (Wildman–Crippen MR) is 84.8 cm³/mol. The summed E-state index contributed by atoms with van der Waals surface area (Å²) < 4.78 is 13.5. The summed E-state index contributed by atoms with van der Waals surface area (Å²) in [5.74, 6) is 7.58. The average Bonchev–Trinajstić information content (AvgIpc) is 2.87. The van der Waals surface area contributed by atoms with Gasteiger partial charge in [0.2, 0.25) is 0 Å². The van der Waals surface area contributed by atoms with Crippen LogP contribution in [0.1, 0.15) is 26.9 Å². The maximum Gasteiger partial charge on any atom is 0.123 e. The minimum Gasteiger partial charge on any atom is -0.271 e. The molecule has 1 aliphatic heterocycles. The van der Waals surface area contributed by atoms with Gasteiger partial charge in [0.25, 0.3) is 0 Å². The number of aryl methyl sites for hydroxylation is 1. The van der Waals surface area contributed by atoms with E-state index in [1.807, 2.05) is 11.8 Å². The number of nitrogens with two attached hydrogens (primary N) is 1. The number of thiophene rings is 1. The van der Waals surface area contributed by atoms with Crippen LogP contribution in [-0.2, 0) is 12.2 Å². The van der Waals surface area contributed by atoms with Crippen molar-refractivity contribution in [2.75, 3.05) is 5.75 Å². The van der Waals surface area contributed by atoms with E-state index in [-0.39, 0.29) is 11.9 Å². The molecule has 20 heavy (non-hydrogen) atoms. The van der Waals surface area contributed by atoms with E-state index in [1.165, 1.54) is 22.6 Å². The molecule has 0 radical (unpaired) electrons. The number of fused-ring (bicyclic) bond motifs is 1. The fourth-order valence-corrected chi connectivity index (χ4v) is 5.06. The molecule has 3 rings (SSSR count). The Labute approximate surface area is 130 Å². The fraction of sp³-hybridized carbons (Fsp3) is 0.286. The SMILES string of the molecule is NNC(c1cc2c(s1)CCSC2)c1cc(F)ccc1Cl. The van der Waals surface area contributed by atoms with Crippen LogP contribution in [0, 0.1) is 5.82 Å². The molecule has 2 nitrogen and oxygen atoms in total. The number of hydrogen-bond donors (Lipinski definition) is 2. The number of rotatable bonds is 3. The highest BCUT2D eigenvalue weighted by Gasteiger charge is 2.22. The number of hydrogen-bond acceptors (Lipinski definition) is 4. The van der Waals surface area contributed by atoms with Gasteiger partial charge < -0.3 is 0 Å². The predicted octanol–water partition coefficient (Wildman–Crippen LogP) is 3.88. The summed E-state index contributed by atoms with van der Waals surface area (Å²) in [4.78, 5) is 2.50. The molecule has 0 aliphatic carbocycles. The molecule has 6 heteroatoms. The van der Waals surface area contributed by atoms with Crippen LogP contribution in [0.4, 0.5) is 4.39 Å². The van der Waals surface area contributed by atoms with Gasteiger partial charge in [-0.2, -0.15) is 11.8 Å². The molecule has 1 unspecified atom stereocenters. The Morgan fingerprint density at radius 1 is 1.35 bits per heavy atom. The summed E-state index contributed by atoms with van der Waals surface area (Å²) in [5, 5.41) is 0.523. The van der Waals surface area contributed by atoms with E-state index in [2.05, 4.69) is 11.5 Å². The molecule has 0 fully saturated rings. The van der Waals surface area contributed by atoms with E-state index in [0.29, 0.717) is 10.6 Å². The van der Waals surface area contributed by atoms with Crippen LogP contribution >= 0.6 is 34.7 Å². The van der Waals surface area contributed by atoms with Crippen molar-refractivity contribution < 1.29 is 4.39 Å². The van der Waals surface area contributed by atoms with Gasteiger partial charge in [-0.25, -0.2) is 9.82 Å². The van der Waals surface area contributed by atoms with E-state index < -0.39 is 0 Å². The number of hydrazine groups is 1. The van der Waals surface area contributed by atoms with Gasteiger partial charge in [0, 0.05) is 20.5 Å². The van der Waals surface area contributed by atoms with E-state index in [1.54, 1.807) is 17.4 Å². The van der Waals surface area contributed by atoms with Crippen LogP contribution in [0.15, 0.2) is 24.3 Å². The molecule has 0 bridgehead atoms. The Balaban J connectivity index is 2.01. The van der Waals surface area contributed by atoms with Crippen molar-refractivity contribution in [2.24, 2.45) is 5.84 Å². The first-order chi connectivity index (χ1) is 9.69. The first-order valence-corrected chi connectivity index (χ1v) is 8.64. The second-order valence-electron chi connectivity index (χ2n) is 4.67. The largest absolute Gasteiger partial charge is 0.271 e. The van der Waals surface area contributed by atoms with Gasteiger partial charge >= 0.3 is 0 Å². The van der Waals surface area contributed by atoms with E-state index in [0.717, 1.165) is 22.8 Å². The lowest BCUT2D eigenvalue weighted by atomic mass is 10.0. The number of thioether (sulfide) groups is 1. The second-order valence-corrected chi connectivity index (χ2v) is 7.35. The molecule has 0 amide bonds. The van der Waals surface area contributed by atoms with Crippen LogP contribution in [0.25, 0.3) is 0 Å². The van der Waals surface area contributed by atoms with Gasteiger partial charge in [-0.3, -0.25) is 5.84 Å². The topological polar surface area (TPSA) is 38.0 Å². The quantitative estimate of drug-likeness (QED) is 0.663. The standard InChI is InChI=1S/C14H14ClFN2S2/c15-11-2-1-9(16)6-10(11)14(18-17)13-5-8-7-19-4-3-12(8)20-13/h1-2,5-6,14,18H,3-4,7,17H2. The normalized spacial score (nSPS) is 15.9. The maximum absolute atomic E-state index is 13.5. The Kier molecular flexibility index (Phi) is 4.33. The minimum atomic E-state index is -0.304. The molecule has 0 spiro atoms. The zero-order valence-electron chi connectivity index (χ0n) is 10.7. The minimum absolute atomic E-state index is 0.265. The highest BCUT2D eigenvalue weighted by Crippen LogP contribution is 2.37. The number of halogens is 2. The molecule has 1 atom stereocenters. The van der Waals surface area contributed by atoms with Crippen molar-refractivity contribution in [3.63, 3.8) is 0 Å². The van der Waals surface area contributed by atoms with Crippen LogP contribution in [0.3, 0.4) is 0 Å². The van der Waals surface area contributed by atoms with Gasteiger partial charge in [-0.05, 0) is 47.6 Å². The first kappa shape index (κ1) is 14.4. The summed E-state index contributed by atoms with van der Waals surface area (Å²) in [6.07, 6.45) is 1.10. The lowest BCUT2D eigenvalue weighted by molar-refractivity contribution is 0.609. The summed E-state index contributed by atoms with van der Waals surface area (Å²) in [6, 6.07) is 6.27. The number of benzene rings is 1. The van der Waals surface area contributed by atoms with Crippen molar-refractivity contribution in [1.82, 2.24) is 5.43 Å². The first-order valence-electron chi connectivity index (χ1n) is 6.29. The molecule has 2 heterocycles. The van der Waals surface area contributed by atoms with Crippen molar-refractivity contribution in [3.8, 4) is 0 Å². The summed E-state index contributed by atoms with van der Waals surface area (Å²) >= 11 is 9.87. The highest BCUT2D eigenvalue weighted by molar-refractivity contribution is 7.98. The Morgan fingerprint density at radius 2 is 2.20 bits per heavy atom. The van der Waals surface area contributed by atoms with Crippen molar-refractivity contribution in [2.45, 2.75) is 18.2 Å². The van der Waals surface area contributed by atoms with Crippen LogP contribution < -0.4 is 11.3 Å². The lowest BCUT2D eigenvalue weighted by Crippen LogP contribution is -2.28. The third-order valence-electron chi connectivity index (χ3n) is 3.37. The van der Waals surface area contributed by atoms with Crippen molar-refractivity contribution in [3.05, 3.63) is 56.0 Å². The molecule has 1 aromatic carbocycles. The van der Waals surface area contributed by atoms with Crippen molar-refractivity contribution >= 4 is 34.7 Å². The smallest absolute Gasteiger partial charge is 0.123 e. The van der Waals surface area contributed by atoms with Crippen LogP contribution in [-0.4, -0.2) is 5.75 Å². The van der Waals surface area contributed by atoms with Crippen LogP contribution in [0.2, 0.25) is 5.02 Å². The van der Waals surface area contributed by atoms with E-state index in [9.17, 15) is 4.39 Å². The highest BCUT2D eigenvalue weighted by atomic mass is 35.5. The van der Waals surface area contributed by atoms with Gasteiger partial charge in [0.15, 0.2) is 0 Å². The lowest BCUT2D eigenvalue weighted by Gasteiger charge is -2.16. The average molecular weight is 329 g/mol. The maximum atomic E-state index is 13.5. The van der Waals surface area contributed by atoms with Gasteiger partial charge in [0.05, 0.1) is 6.04 Å². The van der Waals surface area contributed by atoms with Crippen molar-refractivity contribution in [1.29, 1.82) is 0 Å². The molecule has 1 aromatic heterocycles. The molecular formula is C14H14ClFN2S2. The summed E-state index contributed by atoms with van der Waals surface area (Å²) in [6.45, 7) is 0. The van der Waals surface area contributed by atoms with Gasteiger partial charge in [-0.1, -0.05) is 11.6 Å². The second kappa shape index (κ2) is 6.03. The Morgan fingerprint density at radius 3 is 2.95 bits per heavy atom. The fourth-order valence-electron chi connectivity index (χ4n) is 2.37.